The molecule has 52 valence electrons. The zero-order chi connectivity index (χ0) is 7.44. The van der Waals surface area contributed by atoms with Crippen LogP contribution in [0.4, 0.5) is 0 Å². The molecule has 0 aromatic rings. The fraction of sp³-hybridized carbons (Fsp3) is 0.571. The first-order chi connectivity index (χ1) is 4.09. The molecule has 0 saturated heterocycles. The fourth-order valence-corrected chi connectivity index (χ4v) is 0.734. The first kappa shape index (κ1) is 8.21. The Kier molecular flexibility index (Phi) is 2.99. The van der Waals surface area contributed by atoms with Crippen molar-refractivity contribution in [2.45, 2.75) is 20.3 Å². The molecule has 0 heterocycles. The molecule has 2 nitrogen and oxygen atoms in total. The number of aliphatic carboxylic acids is 1. The van der Waals surface area contributed by atoms with Crippen molar-refractivity contribution >= 4 is 5.97 Å². The summed E-state index contributed by atoms with van der Waals surface area (Å²) >= 11 is 0. The van der Waals surface area contributed by atoms with Crippen molar-refractivity contribution in [3.8, 4) is 0 Å². The van der Waals surface area contributed by atoms with Gasteiger partial charge < -0.3 is 5.11 Å². The molecule has 0 aliphatic rings. The molecule has 0 saturated carbocycles. The van der Waals surface area contributed by atoms with Gasteiger partial charge in [0.2, 0.25) is 0 Å². The normalized spacial score (nSPS) is 12.7. The first-order valence-electron chi connectivity index (χ1n) is 2.97. The van der Waals surface area contributed by atoms with Gasteiger partial charge in [-0.3, -0.25) is 4.79 Å². The molecule has 0 fully saturated rings. The monoisotopic (exact) mass is 128 g/mol. The first-order valence-corrected chi connectivity index (χ1v) is 2.97. The van der Waals surface area contributed by atoms with Gasteiger partial charge in [0.05, 0.1) is 5.92 Å². The van der Waals surface area contributed by atoms with Gasteiger partial charge in [0, 0.05) is 0 Å². The van der Waals surface area contributed by atoms with Crippen LogP contribution < -0.4 is 0 Å². The molecule has 0 aliphatic carbocycles. The highest BCUT2D eigenvalue weighted by Crippen LogP contribution is 2.11. The number of carboxylic acid groups (broad SMARTS) is 1. The molecule has 0 bridgehead atoms. The second-order valence-corrected chi connectivity index (χ2v) is 2.15. The molecule has 1 N–H and O–H groups in total. The van der Waals surface area contributed by atoms with E-state index in [0.29, 0.717) is 6.42 Å². The van der Waals surface area contributed by atoms with Crippen molar-refractivity contribution in [2.24, 2.45) is 5.92 Å². The quantitative estimate of drug-likeness (QED) is 0.587. The van der Waals surface area contributed by atoms with Gasteiger partial charge in [-0.25, -0.2) is 0 Å². The number of hydrogen-bond donors (Lipinski definition) is 1. The van der Waals surface area contributed by atoms with E-state index in [1.807, 2.05) is 6.92 Å². The molecule has 0 radical (unpaired) electrons. The molecular weight excluding hydrogens is 116 g/mol. The molecule has 0 aliphatic heterocycles. The van der Waals surface area contributed by atoms with Crippen LogP contribution in [0, 0.1) is 5.92 Å². The Bertz CT molecular complexity index is 113. The molecule has 0 aromatic heterocycles. The third-order valence-corrected chi connectivity index (χ3v) is 1.30. The molecule has 1 unspecified atom stereocenters. The Morgan fingerprint density at radius 1 is 1.78 bits per heavy atom. The summed E-state index contributed by atoms with van der Waals surface area (Å²) in [6, 6.07) is 0. The van der Waals surface area contributed by atoms with Crippen molar-refractivity contribution in [2.75, 3.05) is 0 Å². The standard InChI is InChI=1S/C7H12O2/c1-4-6(5(2)3)7(8)9/h6H,2,4H2,1,3H3,(H,8,9). The summed E-state index contributed by atoms with van der Waals surface area (Å²) < 4.78 is 0. The average molecular weight is 128 g/mol. The molecular formula is C7H12O2. The molecule has 2 heteroatoms. The lowest BCUT2D eigenvalue weighted by Crippen LogP contribution is -2.12. The molecule has 0 spiro atoms. The second-order valence-electron chi connectivity index (χ2n) is 2.15. The maximum Gasteiger partial charge on any atom is 0.310 e. The van der Waals surface area contributed by atoms with E-state index in [2.05, 4.69) is 6.58 Å². The van der Waals surface area contributed by atoms with Crippen LogP contribution in [0.5, 0.6) is 0 Å². The summed E-state index contributed by atoms with van der Waals surface area (Å²) in [5.41, 5.74) is 0.727. The summed E-state index contributed by atoms with van der Waals surface area (Å²) in [6.07, 6.45) is 0.630. The van der Waals surface area contributed by atoms with Crippen molar-refractivity contribution < 1.29 is 9.90 Å². The molecule has 1 atom stereocenters. The van der Waals surface area contributed by atoms with Gasteiger partial charge in [0.1, 0.15) is 0 Å². The van der Waals surface area contributed by atoms with Crippen molar-refractivity contribution in [1.82, 2.24) is 0 Å². The Morgan fingerprint density at radius 2 is 2.22 bits per heavy atom. The van der Waals surface area contributed by atoms with E-state index in [0.717, 1.165) is 5.57 Å². The van der Waals surface area contributed by atoms with Crippen LogP contribution in [0.3, 0.4) is 0 Å². The Morgan fingerprint density at radius 3 is 2.22 bits per heavy atom. The minimum absolute atomic E-state index is 0.356. The van der Waals surface area contributed by atoms with E-state index < -0.39 is 5.97 Å². The molecule has 0 aromatic carbocycles. The highest BCUT2D eigenvalue weighted by atomic mass is 16.4. The summed E-state index contributed by atoms with van der Waals surface area (Å²) in [4.78, 5) is 10.3. The van der Waals surface area contributed by atoms with Gasteiger partial charge >= 0.3 is 5.97 Å². The third kappa shape index (κ3) is 2.31. The highest BCUT2D eigenvalue weighted by Gasteiger charge is 2.14. The van der Waals surface area contributed by atoms with E-state index in [-0.39, 0.29) is 5.92 Å². The SMILES string of the molecule is C=C(C)C(CC)C(=O)O. The lowest BCUT2D eigenvalue weighted by molar-refractivity contribution is -0.140. The van der Waals surface area contributed by atoms with Gasteiger partial charge in [0.15, 0.2) is 0 Å². The Balaban J connectivity index is 3.99. The zero-order valence-corrected chi connectivity index (χ0v) is 5.85. The Labute approximate surface area is 55.2 Å². The summed E-state index contributed by atoms with van der Waals surface area (Å²) in [6.45, 7) is 7.15. The maximum atomic E-state index is 10.3. The van der Waals surface area contributed by atoms with Crippen LogP contribution in [0.2, 0.25) is 0 Å². The number of carboxylic acids is 1. The van der Waals surface area contributed by atoms with E-state index in [1.54, 1.807) is 6.92 Å². The number of rotatable bonds is 3. The lowest BCUT2D eigenvalue weighted by Gasteiger charge is -2.06. The van der Waals surface area contributed by atoms with Crippen molar-refractivity contribution in [1.29, 1.82) is 0 Å². The van der Waals surface area contributed by atoms with E-state index >= 15 is 0 Å². The minimum atomic E-state index is -0.773. The van der Waals surface area contributed by atoms with Gasteiger partial charge in [-0.15, -0.1) is 0 Å². The van der Waals surface area contributed by atoms with Gasteiger partial charge in [-0.05, 0) is 13.3 Å². The molecule has 0 amide bonds. The third-order valence-electron chi connectivity index (χ3n) is 1.30. The van der Waals surface area contributed by atoms with Gasteiger partial charge in [-0.1, -0.05) is 19.1 Å². The minimum Gasteiger partial charge on any atom is -0.481 e. The summed E-state index contributed by atoms with van der Waals surface area (Å²) in [7, 11) is 0. The largest absolute Gasteiger partial charge is 0.481 e. The van der Waals surface area contributed by atoms with Crippen LogP contribution in [0.25, 0.3) is 0 Å². The average Bonchev–Trinajstić information content (AvgIpc) is 1.64. The van der Waals surface area contributed by atoms with Crippen LogP contribution in [0.15, 0.2) is 12.2 Å². The second kappa shape index (κ2) is 3.28. The highest BCUT2D eigenvalue weighted by molar-refractivity contribution is 5.73. The van der Waals surface area contributed by atoms with Crippen LogP contribution in [-0.4, -0.2) is 11.1 Å². The van der Waals surface area contributed by atoms with E-state index in [4.69, 9.17) is 5.11 Å². The predicted molar refractivity (Wildman–Crippen MR) is 36.2 cm³/mol. The van der Waals surface area contributed by atoms with E-state index in [1.165, 1.54) is 0 Å². The topological polar surface area (TPSA) is 37.3 Å². The molecule has 9 heavy (non-hydrogen) atoms. The van der Waals surface area contributed by atoms with E-state index in [9.17, 15) is 4.79 Å². The van der Waals surface area contributed by atoms with Crippen molar-refractivity contribution in [3.63, 3.8) is 0 Å². The van der Waals surface area contributed by atoms with Crippen LogP contribution in [-0.2, 0) is 4.79 Å². The van der Waals surface area contributed by atoms with Crippen LogP contribution in [0.1, 0.15) is 20.3 Å². The maximum absolute atomic E-state index is 10.3. The zero-order valence-electron chi connectivity index (χ0n) is 5.85. The smallest absolute Gasteiger partial charge is 0.310 e. The summed E-state index contributed by atoms with van der Waals surface area (Å²) in [5.74, 6) is -1.13. The summed E-state index contributed by atoms with van der Waals surface area (Å²) in [5, 5.41) is 8.48. The predicted octanol–water partition coefficient (Wildman–Crippen LogP) is 1.67. The molecule has 0 rings (SSSR count). The number of hydrogen-bond acceptors (Lipinski definition) is 1. The van der Waals surface area contributed by atoms with Crippen LogP contribution >= 0.6 is 0 Å². The fourth-order valence-electron chi connectivity index (χ4n) is 0.734. The van der Waals surface area contributed by atoms with Gasteiger partial charge in [0.25, 0.3) is 0 Å². The Hall–Kier alpha value is -0.790. The van der Waals surface area contributed by atoms with Gasteiger partial charge in [-0.2, -0.15) is 0 Å². The van der Waals surface area contributed by atoms with Crippen molar-refractivity contribution in [3.05, 3.63) is 12.2 Å². The lowest BCUT2D eigenvalue weighted by atomic mass is 10.00. The number of carbonyl (C=O) groups is 1.